The monoisotopic (exact) mass is 295 g/mol. The molecule has 1 saturated heterocycles. The zero-order valence-corrected chi connectivity index (χ0v) is 13.5. The van der Waals surface area contributed by atoms with Crippen molar-refractivity contribution < 1.29 is 8.42 Å². The van der Waals surface area contributed by atoms with E-state index in [1.165, 1.54) is 12.8 Å². The van der Waals surface area contributed by atoms with Crippen LogP contribution in [0.1, 0.15) is 32.3 Å². The molecule has 0 spiro atoms. The fourth-order valence-electron chi connectivity index (χ4n) is 2.89. The summed E-state index contributed by atoms with van der Waals surface area (Å²) in [6.45, 7) is 8.28. The first-order valence-electron chi connectivity index (χ1n) is 7.42. The molecule has 1 aromatic carbocycles. The van der Waals surface area contributed by atoms with Crippen molar-refractivity contribution in [1.29, 1.82) is 0 Å². The molecule has 0 amide bonds. The van der Waals surface area contributed by atoms with Crippen molar-refractivity contribution in [2.75, 3.05) is 18.8 Å². The van der Waals surface area contributed by atoms with E-state index < -0.39 is 9.84 Å². The summed E-state index contributed by atoms with van der Waals surface area (Å²) in [7, 11) is -3.18. The van der Waals surface area contributed by atoms with Crippen LogP contribution in [0.2, 0.25) is 0 Å². The minimum absolute atomic E-state index is 0.0871. The molecule has 0 N–H and O–H groups in total. The molecule has 112 valence electrons. The number of sulfone groups is 1. The Morgan fingerprint density at radius 2 is 1.95 bits per heavy atom. The van der Waals surface area contributed by atoms with E-state index in [-0.39, 0.29) is 11.8 Å². The zero-order chi connectivity index (χ0) is 14.8. The zero-order valence-electron chi connectivity index (χ0n) is 12.7. The lowest BCUT2D eigenvalue weighted by Gasteiger charge is -2.35. The molecule has 1 fully saturated rings. The highest BCUT2D eigenvalue weighted by Gasteiger charge is 2.25. The number of rotatable bonds is 4. The second kappa shape index (κ2) is 6.27. The molecule has 1 aliphatic heterocycles. The lowest BCUT2D eigenvalue weighted by Crippen LogP contribution is -2.43. The predicted octanol–water partition coefficient (Wildman–Crippen LogP) is 2.89. The summed E-state index contributed by atoms with van der Waals surface area (Å²) >= 11 is 0. The van der Waals surface area contributed by atoms with Crippen LogP contribution in [0, 0.1) is 12.8 Å². The molecule has 2 rings (SSSR count). The van der Waals surface area contributed by atoms with Crippen LogP contribution >= 0.6 is 0 Å². The van der Waals surface area contributed by atoms with Crippen molar-refractivity contribution in [2.24, 2.45) is 5.92 Å². The summed E-state index contributed by atoms with van der Waals surface area (Å²) in [4.78, 5) is 2.76. The average Bonchev–Trinajstić information content (AvgIpc) is 2.38. The van der Waals surface area contributed by atoms with E-state index in [2.05, 4.69) is 11.8 Å². The van der Waals surface area contributed by atoms with Crippen molar-refractivity contribution in [3.63, 3.8) is 0 Å². The summed E-state index contributed by atoms with van der Waals surface area (Å²) in [5.74, 6) is 0.885. The number of piperidine rings is 1. The Kier molecular flexibility index (Phi) is 4.86. The number of hydrogen-bond donors (Lipinski definition) is 0. The van der Waals surface area contributed by atoms with Gasteiger partial charge in [-0.25, -0.2) is 8.42 Å². The van der Waals surface area contributed by atoms with Crippen molar-refractivity contribution in [2.45, 2.75) is 44.6 Å². The minimum atomic E-state index is -3.18. The van der Waals surface area contributed by atoms with Crippen LogP contribution < -0.4 is 0 Å². The summed E-state index contributed by atoms with van der Waals surface area (Å²) in [5, 5.41) is 0. The molecule has 0 aliphatic carbocycles. The second-order valence-electron chi connectivity index (χ2n) is 6.19. The number of nitrogens with zero attached hydrogens (tertiary/aromatic N) is 1. The maximum Gasteiger partial charge on any atom is 0.179 e. The molecule has 1 aromatic rings. The van der Waals surface area contributed by atoms with Crippen molar-refractivity contribution >= 4 is 9.84 Å². The second-order valence-corrected chi connectivity index (χ2v) is 8.22. The van der Waals surface area contributed by atoms with Crippen molar-refractivity contribution in [3.8, 4) is 0 Å². The molecule has 0 bridgehead atoms. The van der Waals surface area contributed by atoms with Gasteiger partial charge in [-0.2, -0.15) is 0 Å². The SMILES string of the molecule is Cc1ccc(S(=O)(=O)C[C@H](C)N2CCC[C@H](C)C2)cc1. The van der Waals surface area contributed by atoms with Crippen molar-refractivity contribution in [1.82, 2.24) is 4.90 Å². The minimum Gasteiger partial charge on any atom is -0.299 e. The van der Waals surface area contributed by atoms with E-state index in [0.717, 1.165) is 18.7 Å². The first-order chi connectivity index (χ1) is 9.38. The lowest BCUT2D eigenvalue weighted by molar-refractivity contribution is 0.149. The molecule has 1 heterocycles. The van der Waals surface area contributed by atoms with Gasteiger partial charge in [0.05, 0.1) is 10.6 Å². The molecule has 1 aliphatic rings. The number of hydrogen-bond acceptors (Lipinski definition) is 3. The molecular formula is C16H25NO2S. The third kappa shape index (κ3) is 3.83. The van der Waals surface area contributed by atoms with Gasteiger partial charge in [-0.1, -0.05) is 24.6 Å². The Bertz CT molecular complexity index is 536. The van der Waals surface area contributed by atoms with Crippen LogP contribution in [0.4, 0.5) is 0 Å². The highest BCUT2D eigenvalue weighted by atomic mass is 32.2. The molecule has 0 aromatic heterocycles. The number of benzene rings is 1. The van der Waals surface area contributed by atoms with Gasteiger partial charge in [0.2, 0.25) is 0 Å². The molecule has 0 unspecified atom stereocenters. The van der Waals surface area contributed by atoms with E-state index >= 15 is 0 Å². The maximum atomic E-state index is 12.5. The quantitative estimate of drug-likeness (QED) is 0.857. The van der Waals surface area contributed by atoms with Gasteiger partial charge >= 0.3 is 0 Å². The summed E-state index contributed by atoms with van der Waals surface area (Å²) in [6.07, 6.45) is 2.43. The van der Waals surface area contributed by atoms with Gasteiger partial charge < -0.3 is 0 Å². The van der Waals surface area contributed by atoms with Gasteiger partial charge in [0, 0.05) is 12.6 Å². The van der Waals surface area contributed by atoms with Gasteiger partial charge in [0.25, 0.3) is 0 Å². The topological polar surface area (TPSA) is 37.4 Å². The van der Waals surface area contributed by atoms with Gasteiger partial charge in [0.1, 0.15) is 0 Å². The summed E-state index contributed by atoms with van der Waals surface area (Å²) < 4.78 is 24.9. The maximum absolute atomic E-state index is 12.5. The molecule has 3 nitrogen and oxygen atoms in total. The van der Waals surface area contributed by atoms with E-state index in [1.54, 1.807) is 12.1 Å². The Labute approximate surface area is 122 Å². The van der Waals surface area contributed by atoms with Crippen LogP contribution in [0.25, 0.3) is 0 Å². The van der Waals surface area contributed by atoms with Crippen LogP contribution in [0.15, 0.2) is 29.2 Å². The first-order valence-corrected chi connectivity index (χ1v) is 9.07. The van der Waals surface area contributed by atoms with Gasteiger partial charge in [0.15, 0.2) is 9.84 Å². The van der Waals surface area contributed by atoms with Crippen LogP contribution in [-0.4, -0.2) is 38.2 Å². The summed E-state index contributed by atoms with van der Waals surface area (Å²) in [6, 6.07) is 7.25. The van der Waals surface area contributed by atoms with Gasteiger partial charge in [-0.05, 0) is 51.3 Å². The lowest BCUT2D eigenvalue weighted by atomic mass is 9.99. The Morgan fingerprint density at radius 3 is 2.55 bits per heavy atom. The molecule has 4 heteroatoms. The normalized spacial score (nSPS) is 22.6. The standard InChI is InChI=1S/C16H25NO2S/c1-13-6-8-16(9-7-13)20(18,19)12-15(3)17-10-4-5-14(2)11-17/h6-9,14-15H,4-5,10-12H2,1-3H3/t14-,15-/m0/s1. The highest BCUT2D eigenvalue weighted by Crippen LogP contribution is 2.20. The molecular weight excluding hydrogens is 270 g/mol. The number of likely N-dealkylation sites (tertiary alicyclic amines) is 1. The Balaban J connectivity index is 2.05. The fourth-order valence-corrected chi connectivity index (χ4v) is 4.48. The Hall–Kier alpha value is -0.870. The number of aryl methyl sites for hydroxylation is 1. The van der Waals surface area contributed by atoms with Crippen LogP contribution in [0.3, 0.4) is 0 Å². The average molecular weight is 295 g/mol. The third-order valence-electron chi connectivity index (χ3n) is 4.15. The highest BCUT2D eigenvalue weighted by molar-refractivity contribution is 7.91. The molecule has 0 radical (unpaired) electrons. The van der Waals surface area contributed by atoms with Gasteiger partial charge in [-0.15, -0.1) is 0 Å². The van der Waals surface area contributed by atoms with E-state index in [0.29, 0.717) is 10.8 Å². The molecule has 20 heavy (non-hydrogen) atoms. The van der Waals surface area contributed by atoms with Crippen LogP contribution in [-0.2, 0) is 9.84 Å². The van der Waals surface area contributed by atoms with E-state index in [9.17, 15) is 8.42 Å². The Morgan fingerprint density at radius 1 is 1.30 bits per heavy atom. The molecule has 2 atom stereocenters. The van der Waals surface area contributed by atoms with Crippen LogP contribution in [0.5, 0.6) is 0 Å². The first kappa shape index (κ1) is 15.5. The molecule has 0 saturated carbocycles. The van der Waals surface area contributed by atoms with E-state index in [4.69, 9.17) is 0 Å². The van der Waals surface area contributed by atoms with Gasteiger partial charge in [-0.3, -0.25) is 4.90 Å². The largest absolute Gasteiger partial charge is 0.299 e. The smallest absolute Gasteiger partial charge is 0.179 e. The fraction of sp³-hybridized carbons (Fsp3) is 0.625. The predicted molar refractivity (Wildman–Crippen MR) is 82.7 cm³/mol. The van der Waals surface area contributed by atoms with Crippen molar-refractivity contribution in [3.05, 3.63) is 29.8 Å². The summed E-state index contributed by atoms with van der Waals surface area (Å²) in [5.41, 5.74) is 1.09. The van der Waals surface area contributed by atoms with E-state index in [1.807, 2.05) is 26.0 Å². The third-order valence-corrected chi connectivity index (χ3v) is 6.06.